The molecule has 0 bridgehead atoms. The number of methoxy groups -OCH3 is 3. The molecule has 216 valence electrons. The topological polar surface area (TPSA) is 124 Å². The summed E-state index contributed by atoms with van der Waals surface area (Å²) < 4.78 is 34.4. The quantitative estimate of drug-likeness (QED) is 0.262. The van der Waals surface area contributed by atoms with Crippen LogP contribution in [-0.4, -0.2) is 51.0 Å². The van der Waals surface area contributed by atoms with Gasteiger partial charge in [-0.25, -0.2) is 9.79 Å². The van der Waals surface area contributed by atoms with Gasteiger partial charge in [0.15, 0.2) is 27.8 Å². The Labute approximate surface area is 239 Å². The van der Waals surface area contributed by atoms with Crippen molar-refractivity contribution in [1.29, 1.82) is 0 Å². The van der Waals surface area contributed by atoms with Gasteiger partial charge in [-0.2, -0.15) is 0 Å². The lowest BCUT2D eigenvalue weighted by atomic mass is 9.97. The molecule has 11 nitrogen and oxygen atoms in total. The summed E-state index contributed by atoms with van der Waals surface area (Å²) in [5.74, 6) is 0.520. The van der Waals surface area contributed by atoms with Crippen LogP contribution in [0.4, 0.5) is 0 Å². The smallest absolute Gasteiger partial charge is 0.337 e. The van der Waals surface area contributed by atoms with Crippen molar-refractivity contribution in [3.8, 4) is 28.7 Å². The van der Waals surface area contributed by atoms with E-state index >= 15 is 0 Å². The van der Waals surface area contributed by atoms with Crippen LogP contribution in [0.1, 0.15) is 37.9 Å². The lowest BCUT2D eigenvalue weighted by Gasteiger charge is -2.23. The molecule has 2 aromatic carbocycles. The molecule has 0 aliphatic carbocycles. The monoisotopic (exact) mass is 582 g/mol. The number of aromatic nitrogens is 1. The largest absolute Gasteiger partial charge is 0.493 e. The summed E-state index contributed by atoms with van der Waals surface area (Å²) in [4.78, 5) is 43.1. The number of hydrogen-bond acceptors (Lipinski definition) is 11. The van der Waals surface area contributed by atoms with Crippen molar-refractivity contribution in [2.24, 2.45) is 4.99 Å². The fourth-order valence-electron chi connectivity index (χ4n) is 4.37. The molecule has 3 aromatic rings. The molecule has 2 heterocycles. The first-order valence-corrected chi connectivity index (χ1v) is 13.5. The van der Waals surface area contributed by atoms with Crippen LogP contribution in [0, 0.1) is 0 Å². The van der Waals surface area contributed by atoms with Gasteiger partial charge in [0.25, 0.3) is 5.56 Å². The first-order chi connectivity index (χ1) is 19.8. The second-order valence-corrected chi connectivity index (χ2v) is 9.61. The molecule has 0 saturated heterocycles. The highest BCUT2D eigenvalue weighted by Gasteiger charge is 2.31. The predicted octanol–water partition coefficient (Wildman–Crippen LogP) is 2.76. The lowest BCUT2D eigenvalue weighted by Crippen LogP contribution is -2.39. The van der Waals surface area contributed by atoms with Crippen LogP contribution in [0.15, 0.2) is 51.9 Å². The first-order valence-electron chi connectivity index (χ1n) is 12.7. The van der Waals surface area contributed by atoms with Gasteiger partial charge in [0, 0.05) is 13.1 Å². The average molecular weight is 583 g/mol. The number of ether oxygens (including phenoxy) is 6. The van der Waals surface area contributed by atoms with Crippen LogP contribution in [0.3, 0.4) is 0 Å². The van der Waals surface area contributed by atoms with Gasteiger partial charge in [0.05, 0.1) is 50.7 Å². The maximum Gasteiger partial charge on any atom is 0.337 e. The van der Waals surface area contributed by atoms with Crippen molar-refractivity contribution in [3.05, 3.63) is 72.9 Å². The summed E-state index contributed by atoms with van der Waals surface area (Å²) in [6, 6.07) is 7.70. The molecule has 1 aliphatic rings. The third-order valence-electron chi connectivity index (χ3n) is 6.03. The van der Waals surface area contributed by atoms with Gasteiger partial charge in [0.2, 0.25) is 5.75 Å². The molecule has 0 unspecified atom stereocenters. The normalized spacial score (nSPS) is 14.3. The minimum atomic E-state index is -0.828. The summed E-state index contributed by atoms with van der Waals surface area (Å²) >= 11 is 1.15. The summed E-state index contributed by atoms with van der Waals surface area (Å²) in [7, 11) is 4.14. The van der Waals surface area contributed by atoms with Crippen molar-refractivity contribution in [3.63, 3.8) is 0 Å². The van der Waals surface area contributed by atoms with Crippen molar-refractivity contribution in [2.75, 3.05) is 34.5 Å². The lowest BCUT2D eigenvalue weighted by molar-refractivity contribution is -0.136. The van der Waals surface area contributed by atoms with Crippen LogP contribution in [0.5, 0.6) is 28.7 Å². The van der Waals surface area contributed by atoms with Crippen LogP contribution >= 0.6 is 11.3 Å². The van der Waals surface area contributed by atoms with E-state index in [4.69, 9.17) is 28.4 Å². The molecular weight excluding hydrogens is 552 g/mol. The van der Waals surface area contributed by atoms with E-state index < -0.39 is 18.0 Å². The van der Waals surface area contributed by atoms with Gasteiger partial charge in [-0.1, -0.05) is 17.4 Å². The van der Waals surface area contributed by atoms with E-state index in [9.17, 15) is 14.4 Å². The maximum absolute atomic E-state index is 13.9. The number of carbonyl (C=O) groups excluding carboxylic acids is 2. The zero-order valence-electron chi connectivity index (χ0n) is 23.5. The SMILES string of the molecule is CCOc1ccc([C@@H]2C(C(=O)OC)=CN=c3s/c(=C/c4cc(OC)c(OC(C)=O)c(OC)c4)c(=O)n32)cc1OCC. The fourth-order valence-corrected chi connectivity index (χ4v) is 5.34. The zero-order chi connectivity index (χ0) is 29.7. The van der Waals surface area contributed by atoms with E-state index in [2.05, 4.69) is 4.99 Å². The Bertz CT molecular complexity index is 1660. The Kier molecular flexibility index (Phi) is 9.13. The number of rotatable bonds is 10. The molecule has 12 heteroatoms. The van der Waals surface area contributed by atoms with E-state index in [1.807, 2.05) is 13.8 Å². The summed E-state index contributed by atoms with van der Waals surface area (Å²) in [5.41, 5.74) is 0.989. The molecule has 4 rings (SSSR count). The van der Waals surface area contributed by atoms with E-state index in [-0.39, 0.29) is 28.4 Å². The van der Waals surface area contributed by atoms with Gasteiger partial charge >= 0.3 is 11.9 Å². The van der Waals surface area contributed by atoms with Gasteiger partial charge in [-0.15, -0.1) is 0 Å². The summed E-state index contributed by atoms with van der Waals surface area (Å²) in [6.07, 6.45) is 3.07. The number of thiazole rings is 1. The standard InChI is InChI=1S/C29H30N2O9S/c1-7-38-20-10-9-18(14-21(20)39-8-2)25-19(28(34)37-6)15-30-29-31(25)27(33)24(41-29)13-17-11-22(35-4)26(40-16(3)32)23(12-17)36-5/h9-15,25H,7-8H2,1-6H3/b24-13+/t25-/m1/s1. The second kappa shape index (κ2) is 12.7. The molecular formula is C29H30N2O9S. The zero-order valence-corrected chi connectivity index (χ0v) is 24.3. The Morgan fingerprint density at radius 2 is 1.63 bits per heavy atom. The minimum absolute atomic E-state index is 0.129. The summed E-state index contributed by atoms with van der Waals surface area (Å²) in [6.45, 7) is 5.84. The molecule has 1 atom stereocenters. The number of benzene rings is 2. The van der Waals surface area contributed by atoms with Crippen molar-refractivity contribution in [2.45, 2.75) is 26.8 Å². The highest BCUT2D eigenvalue weighted by molar-refractivity contribution is 7.07. The number of esters is 2. The maximum atomic E-state index is 13.9. The number of carbonyl (C=O) groups is 2. The van der Waals surface area contributed by atoms with Crippen LogP contribution in [0.25, 0.3) is 6.08 Å². The van der Waals surface area contributed by atoms with E-state index in [1.165, 1.54) is 39.0 Å². The molecule has 0 radical (unpaired) electrons. The van der Waals surface area contributed by atoms with Gasteiger partial charge in [-0.05, 0) is 55.3 Å². The van der Waals surface area contributed by atoms with Gasteiger partial charge in [0.1, 0.15) is 0 Å². The molecule has 0 fully saturated rings. The van der Waals surface area contributed by atoms with Crippen LogP contribution in [0.2, 0.25) is 0 Å². The Hall–Kier alpha value is -4.58. The van der Waals surface area contributed by atoms with Crippen LogP contribution in [-0.2, 0) is 14.3 Å². The molecule has 1 aromatic heterocycles. The minimum Gasteiger partial charge on any atom is -0.493 e. The average Bonchev–Trinajstić information content (AvgIpc) is 3.28. The highest BCUT2D eigenvalue weighted by Crippen LogP contribution is 2.39. The first kappa shape index (κ1) is 29.4. The molecule has 0 spiro atoms. The molecule has 41 heavy (non-hydrogen) atoms. The van der Waals surface area contributed by atoms with Crippen molar-refractivity contribution < 1.29 is 38.0 Å². The van der Waals surface area contributed by atoms with Crippen molar-refractivity contribution >= 4 is 29.4 Å². The molecule has 0 N–H and O–H groups in total. The van der Waals surface area contributed by atoms with Gasteiger partial charge < -0.3 is 28.4 Å². The second-order valence-electron chi connectivity index (χ2n) is 8.60. The number of hydrogen-bond donors (Lipinski definition) is 0. The molecule has 0 saturated carbocycles. The Morgan fingerprint density at radius 3 is 2.22 bits per heavy atom. The Balaban J connectivity index is 1.90. The van der Waals surface area contributed by atoms with E-state index in [1.54, 1.807) is 36.4 Å². The molecule has 0 amide bonds. The Morgan fingerprint density at radius 1 is 0.976 bits per heavy atom. The number of nitrogens with zero attached hydrogens (tertiary/aromatic N) is 2. The van der Waals surface area contributed by atoms with E-state index in [0.29, 0.717) is 45.2 Å². The highest BCUT2D eigenvalue weighted by atomic mass is 32.1. The third kappa shape index (κ3) is 5.97. The fraction of sp³-hybridized carbons (Fsp3) is 0.310. The number of fused-ring (bicyclic) bond motifs is 1. The predicted molar refractivity (Wildman–Crippen MR) is 151 cm³/mol. The van der Waals surface area contributed by atoms with Crippen molar-refractivity contribution in [1.82, 2.24) is 4.57 Å². The third-order valence-corrected chi connectivity index (χ3v) is 7.03. The molecule has 1 aliphatic heterocycles. The van der Waals surface area contributed by atoms with E-state index in [0.717, 1.165) is 11.3 Å². The summed E-state index contributed by atoms with van der Waals surface area (Å²) in [5, 5.41) is 0. The van der Waals surface area contributed by atoms with Gasteiger partial charge in [-0.3, -0.25) is 14.2 Å². The van der Waals surface area contributed by atoms with Crippen LogP contribution < -0.4 is 38.6 Å².